The summed E-state index contributed by atoms with van der Waals surface area (Å²) in [4.78, 5) is 3.96. The van der Waals surface area contributed by atoms with Crippen molar-refractivity contribution < 1.29 is 13.5 Å². The molecule has 0 aliphatic rings. The number of hydrogen-bond donors (Lipinski definition) is 0. The van der Waals surface area contributed by atoms with Gasteiger partial charge in [0.05, 0.1) is 11.6 Å². The van der Waals surface area contributed by atoms with Gasteiger partial charge in [0.2, 0.25) is 5.82 Å². The van der Waals surface area contributed by atoms with Gasteiger partial charge in [0.25, 0.3) is 0 Å². The molecule has 17 heavy (non-hydrogen) atoms. The average Bonchev–Trinajstić information content (AvgIpc) is 2.35. The fourth-order valence-electron chi connectivity index (χ4n) is 1.28. The maximum absolute atomic E-state index is 13.3. The van der Waals surface area contributed by atoms with Gasteiger partial charge in [0, 0.05) is 12.3 Å². The van der Waals surface area contributed by atoms with E-state index in [0.29, 0.717) is 11.4 Å². The zero-order valence-corrected chi connectivity index (χ0v) is 9.42. The number of aromatic nitrogens is 1. The Kier molecular flexibility index (Phi) is 3.54. The highest BCUT2D eigenvalue weighted by Gasteiger charge is 2.09. The number of ether oxygens (including phenoxy) is 1. The van der Waals surface area contributed by atoms with Crippen LogP contribution in [0.3, 0.4) is 0 Å². The van der Waals surface area contributed by atoms with Gasteiger partial charge < -0.3 is 4.74 Å². The standard InChI is InChI=1S/C12H8ClF2NO/c13-7-8-6-9(4-5-16-8)17-11-3-1-2-10(14)12(11)15/h1-6H,7H2. The minimum atomic E-state index is -1.02. The van der Waals surface area contributed by atoms with Crippen LogP contribution >= 0.6 is 11.6 Å². The second kappa shape index (κ2) is 5.10. The fourth-order valence-corrected chi connectivity index (χ4v) is 1.43. The molecule has 0 radical (unpaired) electrons. The van der Waals surface area contributed by atoms with Crippen molar-refractivity contribution in [3.8, 4) is 11.5 Å². The Balaban J connectivity index is 2.28. The zero-order valence-electron chi connectivity index (χ0n) is 8.66. The summed E-state index contributed by atoms with van der Waals surface area (Å²) in [7, 11) is 0. The molecule has 0 unspecified atom stereocenters. The van der Waals surface area contributed by atoms with Gasteiger partial charge in [0.1, 0.15) is 5.75 Å². The Hall–Kier alpha value is -1.68. The third-order valence-corrected chi connectivity index (χ3v) is 2.34. The minimum absolute atomic E-state index is 0.170. The summed E-state index contributed by atoms with van der Waals surface area (Å²) >= 11 is 5.61. The van der Waals surface area contributed by atoms with E-state index in [0.717, 1.165) is 6.07 Å². The molecule has 0 spiro atoms. The summed E-state index contributed by atoms with van der Waals surface area (Å²) in [6, 6.07) is 6.85. The first-order chi connectivity index (χ1) is 8.20. The third-order valence-electron chi connectivity index (χ3n) is 2.07. The lowest BCUT2D eigenvalue weighted by Crippen LogP contribution is -1.93. The van der Waals surface area contributed by atoms with Gasteiger partial charge in [-0.15, -0.1) is 11.6 Å². The van der Waals surface area contributed by atoms with Gasteiger partial charge in [-0.3, -0.25) is 4.98 Å². The van der Waals surface area contributed by atoms with E-state index < -0.39 is 11.6 Å². The van der Waals surface area contributed by atoms with Crippen molar-refractivity contribution in [2.75, 3.05) is 0 Å². The Morgan fingerprint density at radius 3 is 2.82 bits per heavy atom. The molecule has 2 rings (SSSR count). The van der Waals surface area contributed by atoms with Gasteiger partial charge in [-0.1, -0.05) is 6.07 Å². The number of hydrogen-bond acceptors (Lipinski definition) is 2. The molecule has 1 heterocycles. The van der Waals surface area contributed by atoms with Crippen LogP contribution in [-0.4, -0.2) is 4.98 Å². The first kappa shape index (κ1) is 11.8. The number of pyridine rings is 1. The largest absolute Gasteiger partial charge is 0.454 e. The highest BCUT2D eigenvalue weighted by molar-refractivity contribution is 6.16. The Morgan fingerprint density at radius 1 is 1.24 bits per heavy atom. The van der Waals surface area contributed by atoms with Crippen molar-refractivity contribution in [2.45, 2.75) is 5.88 Å². The fraction of sp³-hybridized carbons (Fsp3) is 0.0833. The molecule has 0 aliphatic carbocycles. The molecule has 5 heteroatoms. The molecular formula is C12H8ClF2NO. The first-order valence-corrected chi connectivity index (χ1v) is 5.37. The van der Waals surface area contributed by atoms with E-state index in [2.05, 4.69) is 4.98 Å². The van der Waals surface area contributed by atoms with Crippen molar-refractivity contribution in [2.24, 2.45) is 0 Å². The maximum Gasteiger partial charge on any atom is 0.201 e. The molecule has 0 N–H and O–H groups in total. The molecular weight excluding hydrogens is 248 g/mol. The van der Waals surface area contributed by atoms with E-state index in [1.165, 1.54) is 18.3 Å². The number of rotatable bonds is 3. The zero-order chi connectivity index (χ0) is 12.3. The van der Waals surface area contributed by atoms with Crippen LogP contribution < -0.4 is 4.74 Å². The van der Waals surface area contributed by atoms with Crippen molar-refractivity contribution in [3.63, 3.8) is 0 Å². The van der Waals surface area contributed by atoms with E-state index in [9.17, 15) is 8.78 Å². The molecule has 88 valence electrons. The topological polar surface area (TPSA) is 22.1 Å². The SMILES string of the molecule is Fc1cccc(Oc2ccnc(CCl)c2)c1F. The quantitative estimate of drug-likeness (QED) is 0.776. The second-order valence-corrected chi connectivity index (χ2v) is 3.54. The van der Waals surface area contributed by atoms with E-state index in [-0.39, 0.29) is 11.6 Å². The normalized spacial score (nSPS) is 10.3. The predicted molar refractivity (Wildman–Crippen MR) is 60.2 cm³/mol. The van der Waals surface area contributed by atoms with Crippen molar-refractivity contribution in [1.82, 2.24) is 4.98 Å². The second-order valence-electron chi connectivity index (χ2n) is 3.27. The smallest absolute Gasteiger partial charge is 0.201 e. The summed E-state index contributed by atoms with van der Waals surface area (Å²) in [5, 5.41) is 0. The van der Waals surface area contributed by atoms with Crippen molar-refractivity contribution in [3.05, 3.63) is 53.9 Å². The third kappa shape index (κ3) is 2.71. The van der Waals surface area contributed by atoms with Gasteiger partial charge in [-0.2, -0.15) is 4.39 Å². The van der Waals surface area contributed by atoms with Crippen LogP contribution in [0.4, 0.5) is 8.78 Å². The van der Waals surface area contributed by atoms with E-state index >= 15 is 0 Å². The lowest BCUT2D eigenvalue weighted by Gasteiger charge is -2.07. The van der Waals surface area contributed by atoms with E-state index in [1.54, 1.807) is 12.1 Å². The van der Waals surface area contributed by atoms with Crippen LogP contribution in [0.5, 0.6) is 11.5 Å². The summed E-state index contributed by atoms with van der Waals surface area (Å²) in [5.41, 5.74) is 0.598. The molecule has 1 aromatic carbocycles. The first-order valence-electron chi connectivity index (χ1n) is 4.83. The van der Waals surface area contributed by atoms with Crippen LogP contribution in [0.25, 0.3) is 0 Å². The Labute approximate surface area is 102 Å². The molecule has 0 fully saturated rings. The van der Waals surface area contributed by atoms with Crippen molar-refractivity contribution >= 4 is 11.6 Å². The molecule has 2 nitrogen and oxygen atoms in total. The molecule has 0 atom stereocenters. The summed E-state index contributed by atoms with van der Waals surface area (Å²) in [6.07, 6.45) is 1.49. The Morgan fingerprint density at radius 2 is 2.06 bits per heavy atom. The van der Waals surface area contributed by atoms with Crippen LogP contribution in [0.2, 0.25) is 0 Å². The van der Waals surface area contributed by atoms with Gasteiger partial charge in [-0.05, 0) is 18.2 Å². The average molecular weight is 256 g/mol. The summed E-state index contributed by atoms with van der Waals surface area (Å²) < 4.78 is 31.5. The number of alkyl halides is 1. The highest BCUT2D eigenvalue weighted by atomic mass is 35.5. The molecule has 0 saturated carbocycles. The Bertz CT molecular complexity index is 534. The highest BCUT2D eigenvalue weighted by Crippen LogP contribution is 2.25. The van der Waals surface area contributed by atoms with Gasteiger partial charge in [-0.25, -0.2) is 4.39 Å². The van der Waals surface area contributed by atoms with Crippen LogP contribution in [0.15, 0.2) is 36.5 Å². The van der Waals surface area contributed by atoms with Gasteiger partial charge in [0.15, 0.2) is 11.6 Å². The summed E-state index contributed by atoms with van der Waals surface area (Å²) in [5.74, 6) is -1.55. The van der Waals surface area contributed by atoms with Gasteiger partial charge >= 0.3 is 0 Å². The maximum atomic E-state index is 13.3. The van der Waals surface area contributed by atoms with E-state index in [4.69, 9.17) is 16.3 Å². The van der Waals surface area contributed by atoms with Crippen LogP contribution in [0.1, 0.15) is 5.69 Å². The van der Waals surface area contributed by atoms with Crippen LogP contribution in [-0.2, 0) is 5.88 Å². The molecule has 1 aromatic heterocycles. The number of halogens is 3. The van der Waals surface area contributed by atoms with Crippen LogP contribution in [0, 0.1) is 11.6 Å². The lowest BCUT2D eigenvalue weighted by atomic mass is 10.3. The monoisotopic (exact) mass is 255 g/mol. The molecule has 2 aromatic rings. The molecule has 0 aliphatic heterocycles. The van der Waals surface area contributed by atoms with E-state index in [1.807, 2.05) is 0 Å². The van der Waals surface area contributed by atoms with Crippen molar-refractivity contribution in [1.29, 1.82) is 0 Å². The molecule has 0 saturated heterocycles. The lowest BCUT2D eigenvalue weighted by molar-refractivity contribution is 0.415. The number of benzene rings is 1. The minimum Gasteiger partial charge on any atom is -0.454 e. The summed E-state index contributed by atoms with van der Waals surface area (Å²) in [6.45, 7) is 0. The molecule has 0 amide bonds. The molecule has 0 bridgehead atoms. The predicted octanol–water partition coefficient (Wildman–Crippen LogP) is 3.89. The number of nitrogens with zero attached hydrogens (tertiary/aromatic N) is 1.